The van der Waals surface area contributed by atoms with Crippen LogP contribution in [0.25, 0.3) is 0 Å². The average molecular weight is 325 g/mol. The lowest BCUT2D eigenvalue weighted by atomic mass is 10.2. The van der Waals surface area contributed by atoms with Gasteiger partial charge in [-0.1, -0.05) is 12.1 Å². The molecular formula is C16H21ClN2OS. The molecule has 21 heavy (non-hydrogen) atoms. The van der Waals surface area contributed by atoms with Gasteiger partial charge >= 0.3 is 0 Å². The Morgan fingerprint density at radius 2 is 2.05 bits per heavy atom. The van der Waals surface area contributed by atoms with Crippen molar-refractivity contribution in [3.05, 3.63) is 45.9 Å². The number of ether oxygens (including phenoxy) is 1. The molecule has 0 aliphatic carbocycles. The number of hydrogen-bond acceptors (Lipinski definition) is 4. The first kappa shape index (κ1) is 16.3. The smallest absolute Gasteiger partial charge is 0.118 e. The van der Waals surface area contributed by atoms with Crippen molar-refractivity contribution in [2.75, 3.05) is 20.7 Å². The fraction of sp³-hybridized carbons (Fsp3) is 0.438. The molecule has 0 N–H and O–H groups in total. The monoisotopic (exact) mass is 324 g/mol. The van der Waals surface area contributed by atoms with Crippen molar-refractivity contribution in [2.24, 2.45) is 0 Å². The molecule has 0 atom stereocenters. The van der Waals surface area contributed by atoms with Crippen LogP contribution < -0.4 is 4.74 Å². The minimum Gasteiger partial charge on any atom is -0.497 e. The highest BCUT2D eigenvalue weighted by Gasteiger charge is 2.04. The maximum Gasteiger partial charge on any atom is 0.118 e. The maximum atomic E-state index is 5.76. The van der Waals surface area contributed by atoms with E-state index in [-0.39, 0.29) is 0 Å². The van der Waals surface area contributed by atoms with Crippen molar-refractivity contribution >= 4 is 22.9 Å². The average Bonchev–Trinajstić information content (AvgIpc) is 2.96. The Balaban J connectivity index is 1.72. The van der Waals surface area contributed by atoms with E-state index < -0.39 is 0 Å². The van der Waals surface area contributed by atoms with Crippen molar-refractivity contribution in [1.82, 2.24) is 9.88 Å². The van der Waals surface area contributed by atoms with E-state index in [1.807, 2.05) is 17.5 Å². The van der Waals surface area contributed by atoms with Crippen molar-refractivity contribution in [2.45, 2.75) is 25.3 Å². The first-order valence-corrected chi connectivity index (χ1v) is 8.43. The quantitative estimate of drug-likeness (QED) is 0.687. The molecule has 114 valence electrons. The van der Waals surface area contributed by atoms with Crippen LogP contribution in [0.15, 0.2) is 29.6 Å². The van der Waals surface area contributed by atoms with E-state index >= 15 is 0 Å². The second-order valence-corrected chi connectivity index (χ2v) is 6.27. The Labute approximate surface area is 135 Å². The van der Waals surface area contributed by atoms with Crippen LogP contribution in [0, 0.1) is 0 Å². The van der Waals surface area contributed by atoms with E-state index in [9.17, 15) is 0 Å². The van der Waals surface area contributed by atoms with E-state index in [0.29, 0.717) is 5.88 Å². The van der Waals surface area contributed by atoms with E-state index in [1.54, 1.807) is 18.4 Å². The lowest BCUT2D eigenvalue weighted by Gasteiger charge is -2.16. The van der Waals surface area contributed by atoms with Crippen LogP contribution in [0.3, 0.4) is 0 Å². The number of halogens is 1. The van der Waals surface area contributed by atoms with Gasteiger partial charge in [-0.3, -0.25) is 0 Å². The molecule has 3 nitrogen and oxygen atoms in total. The van der Waals surface area contributed by atoms with E-state index in [4.69, 9.17) is 16.3 Å². The molecule has 0 fully saturated rings. The number of rotatable bonds is 8. The number of hydrogen-bond donors (Lipinski definition) is 0. The number of aromatic nitrogens is 1. The third-order valence-electron chi connectivity index (χ3n) is 3.28. The summed E-state index contributed by atoms with van der Waals surface area (Å²) in [7, 11) is 3.84. The second kappa shape index (κ2) is 8.37. The summed E-state index contributed by atoms with van der Waals surface area (Å²) in [4.78, 5) is 6.81. The molecule has 2 aromatic rings. The number of alkyl halides is 1. The van der Waals surface area contributed by atoms with Crippen LogP contribution in [0.1, 0.15) is 22.7 Å². The lowest BCUT2D eigenvalue weighted by Crippen LogP contribution is -2.19. The normalized spacial score (nSPS) is 11.0. The van der Waals surface area contributed by atoms with Gasteiger partial charge < -0.3 is 9.64 Å². The van der Waals surface area contributed by atoms with E-state index in [1.165, 1.54) is 10.6 Å². The highest BCUT2D eigenvalue weighted by atomic mass is 35.5. The third kappa shape index (κ3) is 5.30. The third-order valence-corrected chi connectivity index (χ3v) is 4.51. The van der Waals surface area contributed by atoms with Crippen LogP contribution in [0.5, 0.6) is 5.75 Å². The number of methoxy groups -OCH3 is 1. The van der Waals surface area contributed by atoms with Crippen molar-refractivity contribution in [1.29, 1.82) is 0 Å². The minimum absolute atomic E-state index is 0.508. The molecule has 0 radical (unpaired) electrons. The Morgan fingerprint density at radius 3 is 2.67 bits per heavy atom. The SMILES string of the molecule is COc1ccc(CN(C)CCCc2nc(CCl)cs2)cc1. The molecule has 1 aromatic heterocycles. The second-order valence-electron chi connectivity index (χ2n) is 5.06. The van der Waals surface area contributed by atoms with Crippen LogP contribution in [-0.2, 0) is 18.8 Å². The van der Waals surface area contributed by atoms with Gasteiger partial charge in [0.05, 0.1) is 23.7 Å². The Hall–Kier alpha value is -1.10. The zero-order valence-electron chi connectivity index (χ0n) is 12.5. The largest absolute Gasteiger partial charge is 0.497 e. The molecule has 1 aromatic carbocycles. The molecule has 1 heterocycles. The molecule has 0 aliphatic heterocycles. The van der Waals surface area contributed by atoms with Crippen molar-refractivity contribution in [3.63, 3.8) is 0 Å². The molecule has 0 saturated carbocycles. The molecule has 2 rings (SSSR count). The summed E-state index contributed by atoms with van der Waals surface area (Å²) in [6, 6.07) is 8.24. The predicted octanol–water partition coefficient (Wildman–Crippen LogP) is 3.96. The topological polar surface area (TPSA) is 25.4 Å². The van der Waals surface area contributed by atoms with Gasteiger partial charge in [-0.25, -0.2) is 4.98 Å². The van der Waals surface area contributed by atoms with Crippen LogP contribution in [0.2, 0.25) is 0 Å². The number of nitrogens with zero attached hydrogens (tertiary/aromatic N) is 2. The fourth-order valence-corrected chi connectivity index (χ4v) is 3.22. The molecule has 0 saturated heterocycles. The zero-order chi connectivity index (χ0) is 15.1. The minimum atomic E-state index is 0.508. The van der Waals surface area contributed by atoms with Crippen molar-refractivity contribution in [3.8, 4) is 5.75 Å². The predicted molar refractivity (Wildman–Crippen MR) is 89.3 cm³/mol. The van der Waals surface area contributed by atoms with Crippen LogP contribution in [0.4, 0.5) is 0 Å². The standard InChI is InChI=1S/C16H21ClN2OS/c1-19(11-13-5-7-15(20-2)8-6-13)9-3-4-16-18-14(10-17)12-21-16/h5-8,12H,3-4,9-11H2,1-2H3. The van der Waals surface area contributed by atoms with Gasteiger partial charge in [0.15, 0.2) is 0 Å². The number of benzene rings is 1. The molecular weight excluding hydrogens is 304 g/mol. The summed E-state index contributed by atoms with van der Waals surface area (Å²) in [6.07, 6.45) is 2.14. The van der Waals surface area contributed by atoms with Gasteiger partial charge in [0, 0.05) is 18.3 Å². The molecule has 5 heteroatoms. The first-order chi connectivity index (χ1) is 10.2. The first-order valence-electron chi connectivity index (χ1n) is 7.02. The molecule has 0 bridgehead atoms. The van der Waals surface area contributed by atoms with Gasteiger partial charge in [-0.05, 0) is 37.7 Å². The highest BCUT2D eigenvalue weighted by molar-refractivity contribution is 7.09. The Morgan fingerprint density at radius 1 is 1.29 bits per heavy atom. The summed E-state index contributed by atoms with van der Waals surface area (Å²) in [6.45, 7) is 2.01. The molecule has 0 amide bonds. The van der Waals surface area contributed by atoms with Gasteiger partial charge in [-0.2, -0.15) is 0 Å². The van der Waals surface area contributed by atoms with Crippen molar-refractivity contribution < 1.29 is 4.74 Å². The summed E-state index contributed by atoms with van der Waals surface area (Å²) < 4.78 is 5.17. The summed E-state index contributed by atoms with van der Waals surface area (Å²) in [5.41, 5.74) is 2.29. The molecule has 0 aliphatic rings. The van der Waals surface area contributed by atoms with Gasteiger partial charge in [0.1, 0.15) is 5.75 Å². The molecule has 0 spiro atoms. The number of thiazole rings is 1. The van der Waals surface area contributed by atoms with Crippen LogP contribution in [-0.4, -0.2) is 30.6 Å². The van der Waals surface area contributed by atoms with Crippen LogP contribution >= 0.6 is 22.9 Å². The van der Waals surface area contributed by atoms with Gasteiger partial charge in [0.2, 0.25) is 0 Å². The van der Waals surface area contributed by atoms with Gasteiger partial charge in [-0.15, -0.1) is 22.9 Å². The van der Waals surface area contributed by atoms with Gasteiger partial charge in [0.25, 0.3) is 0 Å². The van der Waals surface area contributed by atoms with E-state index in [2.05, 4.69) is 29.1 Å². The lowest BCUT2D eigenvalue weighted by molar-refractivity contribution is 0.322. The summed E-state index contributed by atoms with van der Waals surface area (Å²) in [5, 5.41) is 3.23. The highest BCUT2D eigenvalue weighted by Crippen LogP contribution is 2.15. The zero-order valence-corrected chi connectivity index (χ0v) is 14.1. The number of aryl methyl sites for hydroxylation is 1. The maximum absolute atomic E-state index is 5.76. The Bertz CT molecular complexity index is 541. The summed E-state index contributed by atoms with van der Waals surface area (Å²) >= 11 is 7.47. The summed E-state index contributed by atoms with van der Waals surface area (Å²) in [5.74, 6) is 1.41. The van der Waals surface area contributed by atoms with E-state index in [0.717, 1.165) is 37.4 Å². The Kier molecular flexibility index (Phi) is 6.49. The fourth-order valence-electron chi connectivity index (χ4n) is 2.15. The molecule has 0 unspecified atom stereocenters.